The highest BCUT2D eigenvalue weighted by atomic mass is 19.1. The van der Waals surface area contributed by atoms with Gasteiger partial charge in [-0.2, -0.15) is 0 Å². The van der Waals surface area contributed by atoms with Crippen molar-refractivity contribution in [3.63, 3.8) is 0 Å². The van der Waals surface area contributed by atoms with Crippen LogP contribution >= 0.6 is 0 Å². The van der Waals surface area contributed by atoms with E-state index in [1.807, 2.05) is 13.0 Å². The van der Waals surface area contributed by atoms with Gasteiger partial charge in [0, 0.05) is 18.9 Å². The average Bonchev–Trinajstić information content (AvgIpc) is 2.94. The number of carbonyl (C=O) groups excluding carboxylic acids is 1. The predicted octanol–water partition coefficient (Wildman–Crippen LogP) is 2.89. The van der Waals surface area contributed by atoms with Gasteiger partial charge in [-0.25, -0.2) is 9.37 Å². The Labute approximate surface area is 147 Å². The molecule has 0 unspecified atom stereocenters. The summed E-state index contributed by atoms with van der Waals surface area (Å²) < 4.78 is 16.3. The van der Waals surface area contributed by atoms with Crippen LogP contribution in [0, 0.1) is 12.7 Å². The van der Waals surface area contributed by atoms with Crippen LogP contribution in [0.25, 0.3) is 16.7 Å². The van der Waals surface area contributed by atoms with Crippen molar-refractivity contribution >= 4 is 28.3 Å². The summed E-state index contributed by atoms with van der Waals surface area (Å²) in [6, 6.07) is 10.8. The predicted molar refractivity (Wildman–Crippen MR) is 97.0 cm³/mol. The van der Waals surface area contributed by atoms with Gasteiger partial charge in [0.2, 0.25) is 0 Å². The SMILES string of the molecule is Cc1cccn2c(=O)c3cc(C(=O)Nc4cccc(F)c4)n(C)c3nc12. The van der Waals surface area contributed by atoms with Gasteiger partial charge in [0.15, 0.2) is 0 Å². The fourth-order valence-electron chi connectivity index (χ4n) is 3.01. The maximum absolute atomic E-state index is 13.3. The zero-order chi connectivity index (χ0) is 18.4. The molecule has 7 heteroatoms. The molecule has 3 heterocycles. The van der Waals surface area contributed by atoms with Crippen LogP contribution in [0.2, 0.25) is 0 Å². The molecule has 0 saturated carbocycles. The minimum Gasteiger partial charge on any atom is -0.324 e. The standard InChI is InChI=1S/C19H15FN4O2/c1-11-5-4-8-24-16(11)22-17-14(19(24)26)10-15(23(17)2)18(25)21-13-7-3-6-12(20)9-13/h3-10H,1-2H3,(H,21,25). The molecule has 0 fully saturated rings. The molecule has 0 bridgehead atoms. The highest BCUT2D eigenvalue weighted by Crippen LogP contribution is 2.18. The zero-order valence-corrected chi connectivity index (χ0v) is 14.2. The van der Waals surface area contributed by atoms with E-state index >= 15 is 0 Å². The molecule has 0 aliphatic rings. The molecule has 0 aliphatic heterocycles. The number of benzene rings is 1. The molecular weight excluding hydrogens is 335 g/mol. The van der Waals surface area contributed by atoms with Crippen LogP contribution in [-0.4, -0.2) is 19.9 Å². The lowest BCUT2D eigenvalue weighted by Crippen LogP contribution is -2.16. The van der Waals surface area contributed by atoms with Crippen molar-refractivity contribution < 1.29 is 9.18 Å². The van der Waals surface area contributed by atoms with Gasteiger partial charge in [0.25, 0.3) is 11.5 Å². The Morgan fingerprint density at radius 3 is 2.73 bits per heavy atom. The Morgan fingerprint density at radius 2 is 1.96 bits per heavy atom. The monoisotopic (exact) mass is 350 g/mol. The van der Waals surface area contributed by atoms with Gasteiger partial charge < -0.3 is 9.88 Å². The molecule has 4 aromatic rings. The van der Waals surface area contributed by atoms with Crippen LogP contribution in [0.4, 0.5) is 10.1 Å². The van der Waals surface area contributed by atoms with Crippen LogP contribution in [0.15, 0.2) is 53.5 Å². The second-order valence-corrected chi connectivity index (χ2v) is 6.09. The third-order valence-corrected chi connectivity index (χ3v) is 4.34. The summed E-state index contributed by atoms with van der Waals surface area (Å²) in [5.41, 5.74) is 2.19. The molecule has 0 spiro atoms. The Bertz CT molecular complexity index is 1240. The number of nitrogens with zero attached hydrogens (tertiary/aromatic N) is 3. The first-order valence-electron chi connectivity index (χ1n) is 8.00. The Balaban J connectivity index is 1.86. The van der Waals surface area contributed by atoms with E-state index < -0.39 is 11.7 Å². The largest absolute Gasteiger partial charge is 0.324 e. The van der Waals surface area contributed by atoms with E-state index in [0.717, 1.165) is 5.56 Å². The van der Waals surface area contributed by atoms with Crippen molar-refractivity contribution in [1.82, 2.24) is 14.0 Å². The normalized spacial score (nSPS) is 11.2. The molecule has 0 saturated heterocycles. The first kappa shape index (κ1) is 16.0. The number of rotatable bonds is 2. The quantitative estimate of drug-likeness (QED) is 0.604. The molecule has 3 aromatic heterocycles. The van der Waals surface area contributed by atoms with Crippen LogP contribution in [-0.2, 0) is 7.05 Å². The van der Waals surface area contributed by atoms with Gasteiger partial charge in [-0.05, 0) is 42.8 Å². The zero-order valence-electron chi connectivity index (χ0n) is 14.2. The van der Waals surface area contributed by atoms with E-state index in [1.165, 1.54) is 28.7 Å². The van der Waals surface area contributed by atoms with Gasteiger partial charge in [0.05, 0.1) is 5.39 Å². The van der Waals surface area contributed by atoms with Crippen LogP contribution < -0.4 is 10.9 Å². The first-order valence-corrected chi connectivity index (χ1v) is 8.00. The van der Waals surface area contributed by atoms with Crippen molar-refractivity contribution in [2.75, 3.05) is 5.32 Å². The number of amides is 1. The van der Waals surface area contributed by atoms with Crippen LogP contribution in [0.3, 0.4) is 0 Å². The number of carbonyl (C=O) groups is 1. The third-order valence-electron chi connectivity index (χ3n) is 4.34. The fraction of sp³-hybridized carbons (Fsp3) is 0.105. The molecule has 1 aromatic carbocycles. The van der Waals surface area contributed by atoms with Crippen LogP contribution in [0.5, 0.6) is 0 Å². The summed E-state index contributed by atoms with van der Waals surface area (Å²) >= 11 is 0. The number of hydrogen-bond acceptors (Lipinski definition) is 3. The molecule has 4 rings (SSSR count). The van der Waals surface area contributed by atoms with Crippen LogP contribution in [0.1, 0.15) is 16.1 Å². The minimum atomic E-state index is -0.443. The van der Waals surface area contributed by atoms with Crippen molar-refractivity contribution in [1.29, 1.82) is 0 Å². The number of fused-ring (bicyclic) bond motifs is 2. The first-order chi connectivity index (χ1) is 12.5. The molecule has 130 valence electrons. The van der Waals surface area contributed by atoms with Crippen molar-refractivity contribution in [3.05, 3.63) is 76.1 Å². The Hall–Kier alpha value is -3.48. The number of aromatic nitrogens is 3. The highest BCUT2D eigenvalue weighted by molar-refractivity contribution is 6.06. The van der Waals surface area contributed by atoms with Crippen molar-refractivity contribution in [3.8, 4) is 0 Å². The topological polar surface area (TPSA) is 68.4 Å². The molecule has 1 N–H and O–H groups in total. The molecule has 6 nitrogen and oxygen atoms in total. The number of halogens is 1. The average molecular weight is 350 g/mol. The Kier molecular flexibility index (Phi) is 3.57. The summed E-state index contributed by atoms with van der Waals surface area (Å²) in [7, 11) is 1.67. The van der Waals surface area contributed by atoms with E-state index in [-0.39, 0.29) is 11.3 Å². The van der Waals surface area contributed by atoms with Crippen molar-refractivity contribution in [2.45, 2.75) is 6.92 Å². The fourth-order valence-corrected chi connectivity index (χ4v) is 3.01. The number of pyridine rings is 1. The Morgan fingerprint density at radius 1 is 1.15 bits per heavy atom. The number of aryl methyl sites for hydroxylation is 2. The summed E-state index contributed by atoms with van der Waals surface area (Å²) in [6.07, 6.45) is 1.65. The molecule has 1 amide bonds. The van der Waals surface area contributed by atoms with Gasteiger partial charge in [0.1, 0.15) is 22.8 Å². The maximum Gasteiger partial charge on any atom is 0.272 e. The third kappa shape index (κ3) is 2.45. The maximum atomic E-state index is 13.3. The van der Waals surface area contributed by atoms with E-state index in [1.54, 1.807) is 29.9 Å². The summed E-state index contributed by atoms with van der Waals surface area (Å²) in [5.74, 6) is -0.886. The second kappa shape index (κ2) is 5.80. The van der Waals surface area contributed by atoms with Gasteiger partial charge in [-0.3, -0.25) is 14.0 Å². The summed E-state index contributed by atoms with van der Waals surface area (Å²) in [4.78, 5) is 29.9. The van der Waals surface area contributed by atoms with E-state index in [9.17, 15) is 14.0 Å². The lowest BCUT2D eigenvalue weighted by molar-refractivity contribution is 0.101. The summed E-state index contributed by atoms with van der Waals surface area (Å²) in [6.45, 7) is 1.87. The second-order valence-electron chi connectivity index (χ2n) is 6.09. The smallest absolute Gasteiger partial charge is 0.272 e. The highest BCUT2D eigenvalue weighted by Gasteiger charge is 2.18. The van der Waals surface area contributed by atoms with Gasteiger partial charge >= 0.3 is 0 Å². The van der Waals surface area contributed by atoms with Crippen molar-refractivity contribution in [2.24, 2.45) is 7.05 Å². The lowest BCUT2D eigenvalue weighted by Gasteiger charge is -2.07. The lowest BCUT2D eigenvalue weighted by atomic mass is 10.2. The minimum absolute atomic E-state index is 0.242. The number of anilines is 1. The molecule has 0 atom stereocenters. The molecule has 26 heavy (non-hydrogen) atoms. The van der Waals surface area contributed by atoms with Gasteiger partial charge in [-0.15, -0.1) is 0 Å². The van der Waals surface area contributed by atoms with Gasteiger partial charge in [-0.1, -0.05) is 12.1 Å². The van der Waals surface area contributed by atoms with E-state index in [2.05, 4.69) is 10.3 Å². The van der Waals surface area contributed by atoms with E-state index in [4.69, 9.17) is 0 Å². The molecular formula is C19H15FN4O2. The van der Waals surface area contributed by atoms with E-state index in [0.29, 0.717) is 22.4 Å². The number of nitrogens with one attached hydrogen (secondary N) is 1. The number of hydrogen-bond donors (Lipinski definition) is 1. The summed E-state index contributed by atoms with van der Waals surface area (Å²) in [5, 5.41) is 2.98. The molecule has 0 radical (unpaired) electrons. The molecule has 0 aliphatic carbocycles.